The Morgan fingerprint density at radius 3 is 2.40 bits per heavy atom. The molecule has 0 saturated heterocycles. The molecule has 4 aromatic rings. The second kappa shape index (κ2) is 9.66. The molecule has 1 aromatic heterocycles. The van der Waals surface area contributed by atoms with Crippen molar-refractivity contribution in [3.8, 4) is 11.1 Å². The van der Waals surface area contributed by atoms with Gasteiger partial charge in [0.05, 0.1) is 15.2 Å². The van der Waals surface area contributed by atoms with Crippen molar-refractivity contribution in [3.05, 3.63) is 88.4 Å². The number of nitrogens with zero attached hydrogens (tertiary/aromatic N) is 1. The minimum absolute atomic E-state index is 0.0584. The Hall–Kier alpha value is -3.45. The Labute approximate surface area is 205 Å². The van der Waals surface area contributed by atoms with E-state index in [2.05, 4.69) is 4.98 Å². The van der Waals surface area contributed by atoms with Crippen molar-refractivity contribution in [2.45, 2.75) is 32.1 Å². The Morgan fingerprint density at radius 2 is 1.66 bits per heavy atom. The third-order valence-corrected chi connectivity index (χ3v) is 7.85. The van der Waals surface area contributed by atoms with E-state index < -0.39 is 11.8 Å². The summed E-state index contributed by atoms with van der Waals surface area (Å²) in [6.07, 6.45) is 3.22. The molecule has 0 aliphatic heterocycles. The number of aromatic nitrogens is 1. The van der Waals surface area contributed by atoms with E-state index in [0.717, 1.165) is 32.8 Å². The van der Waals surface area contributed by atoms with Crippen LogP contribution in [0.5, 0.6) is 0 Å². The number of Topliss-reactive ketones (excluding diaryl/α,β-unsaturated/α-hetero) is 1. The number of aryl methyl sites for hydroxylation is 2. The molecule has 5 rings (SSSR count). The molecule has 1 saturated carbocycles. The van der Waals surface area contributed by atoms with Gasteiger partial charge in [0.2, 0.25) is 5.91 Å². The van der Waals surface area contributed by atoms with Crippen molar-refractivity contribution in [2.75, 3.05) is 0 Å². The molecule has 1 aliphatic carbocycles. The maximum Gasteiger partial charge on any atom is 0.221 e. The molecule has 1 amide bonds. The molecular formula is C28H24F2N2O2S. The molecule has 2 N–H and O–H groups in total. The van der Waals surface area contributed by atoms with Gasteiger partial charge in [0.1, 0.15) is 11.6 Å². The Kier molecular flexibility index (Phi) is 6.43. The van der Waals surface area contributed by atoms with Gasteiger partial charge in [0.15, 0.2) is 5.78 Å². The van der Waals surface area contributed by atoms with Crippen LogP contribution in [0, 0.1) is 23.5 Å². The van der Waals surface area contributed by atoms with Crippen LogP contribution in [0.1, 0.15) is 40.2 Å². The molecule has 0 spiro atoms. The number of halogens is 2. The van der Waals surface area contributed by atoms with Gasteiger partial charge in [-0.1, -0.05) is 42.8 Å². The topological polar surface area (TPSA) is 73.1 Å². The van der Waals surface area contributed by atoms with Crippen LogP contribution in [0.4, 0.5) is 8.78 Å². The molecule has 0 unspecified atom stereocenters. The van der Waals surface area contributed by atoms with Gasteiger partial charge in [-0.25, -0.2) is 13.8 Å². The van der Waals surface area contributed by atoms with Crippen molar-refractivity contribution >= 4 is 33.2 Å². The number of thiazole rings is 1. The number of fused-ring (bicyclic) bond motifs is 1. The number of carbonyl (C=O) groups is 2. The van der Waals surface area contributed by atoms with Gasteiger partial charge in [-0.05, 0) is 60.2 Å². The first-order valence-corrected chi connectivity index (χ1v) is 12.5. The molecule has 4 nitrogen and oxygen atoms in total. The van der Waals surface area contributed by atoms with Crippen LogP contribution in [0.25, 0.3) is 21.3 Å². The predicted octanol–water partition coefficient (Wildman–Crippen LogP) is 6.11. The third-order valence-electron chi connectivity index (χ3n) is 6.78. The second-order valence-electron chi connectivity index (χ2n) is 9.01. The van der Waals surface area contributed by atoms with Crippen molar-refractivity contribution in [1.29, 1.82) is 0 Å². The lowest BCUT2D eigenvalue weighted by Gasteiger charge is -2.15. The van der Waals surface area contributed by atoms with Gasteiger partial charge < -0.3 is 5.73 Å². The van der Waals surface area contributed by atoms with E-state index in [-0.39, 0.29) is 23.3 Å². The third kappa shape index (κ3) is 4.86. The number of rotatable bonds is 7. The highest BCUT2D eigenvalue weighted by molar-refractivity contribution is 7.18. The van der Waals surface area contributed by atoms with Crippen molar-refractivity contribution < 1.29 is 18.4 Å². The molecule has 3 aromatic carbocycles. The summed E-state index contributed by atoms with van der Waals surface area (Å²) < 4.78 is 29.0. The Morgan fingerprint density at radius 1 is 0.914 bits per heavy atom. The van der Waals surface area contributed by atoms with Gasteiger partial charge in [-0.2, -0.15) is 0 Å². The summed E-state index contributed by atoms with van der Waals surface area (Å²) in [4.78, 5) is 29.0. The highest BCUT2D eigenvalue weighted by atomic mass is 32.1. The highest BCUT2D eigenvalue weighted by Crippen LogP contribution is 2.34. The smallest absolute Gasteiger partial charge is 0.221 e. The summed E-state index contributed by atoms with van der Waals surface area (Å²) in [5.74, 6) is -1.82. The fourth-order valence-corrected chi connectivity index (χ4v) is 5.87. The summed E-state index contributed by atoms with van der Waals surface area (Å²) >= 11 is 1.42. The molecule has 0 radical (unpaired) electrons. The fraction of sp³-hybridized carbons (Fsp3) is 0.250. The zero-order valence-corrected chi connectivity index (χ0v) is 19.8. The molecule has 2 atom stereocenters. The van der Waals surface area contributed by atoms with E-state index in [4.69, 9.17) is 5.73 Å². The van der Waals surface area contributed by atoms with E-state index in [0.29, 0.717) is 36.8 Å². The maximum absolute atomic E-state index is 14.9. The molecule has 1 aliphatic rings. The summed E-state index contributed by atoms with van der Waals surface area (Å²) in [6, 6.07) is 16.7. The number of benzene rings is 3. The van der Waals surface area contributed by atoms with Gasteiger partial charge in [-0.15, -0.1) is 11.3 Å². The molecule has 1 heterocycles. The number of primary amides is 1. The van der Waals surface area contributed by atoms with Crippen molar-refractivity contribution in [2.24, 2.45) is 17.6 Å². The summed E-state index contributed by atoms with van der Waals surface area (Å²) in [7, 11) is 0. The molecule has 7 heteroatoms. The fourth-order valence-electron chi connectivity index (χ4n) is 4.88. The molecule has 35 heavy (non-hydrogen) atoms. The molecule has 178 valence electrons. The van der Waals surface area contributed by atoms with Crippen LogP contribution in [-0.2, 0) is 17.6 Å². The van der Waals surface area contributed by atoms with Crippen molar-refractivity contribution in [1.82, 2.24) is 4.98 Å². The average molecular weight is 491 g/mol. The monoisotopic (exact) mass is 490 g/mol. The van der Waals surface area contributed by atoms with E-state index in [1.165, 1.54) is 29.5 Å². The van der Waals surface area contributed by atoms with Gasteiger partial charge in [0, 0.05) is 23.8 Å². The lowest BCUT2D eigenvalue weighted by Crippen LogP contribution is -2.30. The highest BCUT2D eigenvalue weighted by Gasteiger charge is 2.36. The minimum atomic E-state index is -0.412. The Balaban J connectivity index is 1.27. The lowest BCUT2D eigenvalue weighted by molar-refractivity contribution is -0.122. The maximum atomic E-state index is 14.9. The standard InChI is InChI=1S/C28H24F2N2O2S/c29-20-11-12-24-25(15-20)35-26(32-24)13-10-17-6-9-19(14-23(17)30)16-4-7-18(8-5-16)27(33)21-2-1-3-22(21)28(31)34/h4-9,11-12,14-15,21-22H,1-3,10,13H2,(H2,31,34)/t21-,22-/m1/s1. The Bertz CT molecular complexity index is 1410. The number of amides is 1. The zero-order chi connectivity index (χ0) is 24.5. The van der Waals surface area contributed by atoms with Crippen LogP contribution in [-0.4, -0.2) is 16.7 Å². The quantitative estimate of drug-likeness (QED) is 0.318. The number of ketones is 1. The largest absolute Gasteiger partial charge is 0.369 e. The van der Waals surface area contributed by atoms with E-state index >= 15 is 0 Å². The minimum Gasteiger partial charge on any atom is -0.369 e. The van der Waals surface area contributed by atoms with E-state index in [9.17, 15) is 18.4 Å². The van der Waals surface area contributed by atoms with Crippen LogP contribution in [0.2, 0.25) is 0 Å². The summed E-state index contributed by atoms with van der Waals surface area (Å²) in [5.41, 5.74) is 8.87. The number of carbonyl (C=O) groups excluding carboxylic acids is 2. The number of hydrogen-bond acceptors (Lipinski definition) is 4. The first-order chi connectivity index (χ1) is 16.9. The van der Waals surface area contributed by atoms with Gasteiger partial charge >= 0.3 is 0 Å². The first-order valence-electron chi connectivity index (χ1n) is 11.7. The van der Waals surface area contributed by atoms with E-state index in [1.54, 1.807) is 36.4 Å². The van der Waals surface area contributed by atoms with E-state index in [1.807, 2.05) is 6.07 Å². The normalized spacial score (nSPS) is 17.7. The van der Waals surface area contributed by atoms with Crippen LogP contribution in [0.3, 0.4) is 0 Å². The lowest BCUT2D eigenvalue weighted by atomic mass is 9.87. The van der Waals surface area contributed by atoms with Crippen molar-refractivity contribution in [3.63, 3.8) is 0 Å². The van der Waals surface area contributed by atoms with Gasteiger partial charge in [-0.3, -0.25) is 9.59 Å². The van der Waals surface area contributed by atoms with Crippen LogP contribution < -0.4 is 5.73 Å². The van der Waals surface area contributed by atoms with Crippen LogP contribution >= 0.6 is 11.3 Å². The SMILES string of the molecule is NC(=O)[C@@H]1CCC[C@H]1C(=O)c1ccc(-c2ccc(CCc3nc4ccc(F)cc4s3)c(F)c2)cc1. The summed E-state index contributed by atoms with van der Waals surface area (Å²) in [5, 5.41) is 0.843. The first kappa shape index (κ1) is 23.3. The molecule has 1 fully saturated rings. The molecular weight excluding hydrogens is 466 g/mol. The second-order valence-corrected chi connectivity index (χ2v) is 10.1. The average Bonchev–Trinajstić information content (AvgIpc) is 3.50. The number of nitrogens with two attached hydrogens (primary N) is 1. The molecule has 0 bridgehead atoms. The summed E-state index contributed by atoms with van der Waals surface area (Å²) in [6.45, 7) is 0. The van der Waals surface area contributed by atoms with Crippen LogP contribution in [0.15, 0.2) is 60.7 Å². The van der Waals surface area contributed by atoms with Gasteiger partial charge in [0.25, 0.3) is 0 Å². The number of hydrogen-bond donors (Lipinski definition) is 1. The zero-order valence-electron chi connectivity index (χ0n) is 19.0. The predicted molar refractivity (Wildman–Crippen MR) is 133 cm³/mol.